The first kappa shape index (κ1) is 6.39. The molecular formula is C6H10NO2-. The summed E-state index contributed by atoms with van der Waals surface area (Å²) < 4.78 is 0. The second-order valence-electron chi connectivity index (χ2n) is 2.82. The first-order chi connectivity index (χ1) is 4.06. The van der Waals surface area contributed by atoms with Crippen LogP contribution in [0.1, 0.15) is 19.8 Å². The number of hydrogen-bond donors (Lipinski definition) is 0. The van der Waals surface area contributed by atoms with E-state index >= 15 is 0 Å². The minimum atomic E-state index is -1.07. The lowest BCUT2D eigenvalue weighted by Crippen LogP contribution is -2.44. The van der Waals surface area contributed by atoms with Gasteiger partial charge in [0.1, 0.15) is 6.09 Å². The summed E-state index contributed by atoms with van der Waals surface area (Å²) in [6, 6.07) is 0. The summed E-state index contributed by atoms with van der Waals surface area (Å²) in [5.41, 5.74) is -0.0984. The van der Waals surface area contributed by atoms with Crippen molar-refractivity contribution < 1.29 is 9.90 Å². The Morgan fingerprint density at radius 2 is 2.11 bits per heavy atom. The van der Waals surface area contributed by atoms with Gasteiger partial charge in [-0.05, 0) is 19.8 Å². The van der Waals surface area contributed by atoms with Gasteiger partial charge in [0.2, 0.25) is 0 Å². The Labute approximate surface area is 54.3 Å². The molecule has 0 aromatic carbocycles. The number of carboxylic acid groups (broad SMARTS) is 1. The van der Waals surface area contributed by atoms with Crippen LogP contribution in [0.3, 0.4) is 0 Å². The average molecular weight is 128 g/mol. The highest BCUT2D eigenvalue weighted by atomic mass is 16.4. The van der Waals surface area contributed by atoms with Crippen LogP contribution in [0, 0.1) is 0 Å². The molecule has 9 heavy (non-hydrogen) atoms. The normalized spacial score (nSPS) is 21.1. The molecular weight excluding hydrogens is 118 g/mol. The molecule has 0 unspecified atom stereocenters. The molecule has 0 atom stereocenters. The minimum absolute atomic E-state index is 0.0984. The van der Waals surface area contributed by atoms with Gasteiger partial charge in [0.15, 0.2) is 0 Å². The molecule has 3 nitrogen and oxygen atoms in total. The quantitative estimate of drug-likeness (QED) is 0.491. The Hall–Kier alpha value is -0.730. The van der Waals surface area contributed by atoms with Crippen molar-refractivity contribution in [2.75, 3.05) is 7.05 Å². The standard InChI is InChI=1S/C6H11NO2/c1-6(3-4-6)7(2)5(8)9/h3-4H2,1-2H3,(H,8,9)/p-1. The molecule has 1 rings (SSSR count). The molecule has 0 N–H and O–H groups in total. The lowest BCUT2D eigenvalue weighted by Gasteiger charge is -2.26. The molecule has 1 aliphatic rings. The fraction of sp³-hybridized carbons (Fsp3) is 0.833. The third kappa shape index (κ3) is 0.992. The molecule has 3 heteroatoms. The highest BCUT2D eigenvalue weighted by molar-refractivity contribution is 5.63. The van der Waals surface area contributed by atoms with Crippen LogP contribution in [0.4, 0.5) is 4.79 Å². The summed E-state index contributed by atoms with van der Waals surface area (Å²) in [4.78, 5) is 11.5. The van der Waals surface area contributed by atoms with Crippen LogP contribution in [0.25, 0.3) is 0 Å². The zero-order chi connectivity index (χ0) is 7.07. The lowest BCUT2D eigenvalue weighted by molar-refractivity contribution is -0.266. The predicted octanol–water partition coefficient (Wildman–Crippen LogP) is -0.186. The highest BCUT2D eigenvalue weighted by Crippen LogP contribution is 2.39. The molecule has 0 saturated heterocycles. The van der Waals surface area contributed by atoms with E-state index in [1.165, 1.54) is 4.90 Å². The summed E-state index contributed by atoms with van der Waals surface area (Å²) in [6.07, 6.45) is 0.865. The molecule has 1 fully saturated rings. The van der Waals surface area contributed by atoms with Gasteiger partial charge < -0.3 is 14.8 Å². The van der Waals surface area contributed by atoms with Crippen molar-refractivity contribution in [1.82, 2.24) is 4.90 Å². The molecule has 0 radical (unpaired) electrons. The predicted molar refractivity (Wildman–Crippen MR) is 30.8 cm³/mol. The maximum Gasteiger partial charge on any atom is 0.137 e. The van der Waals surface area contributed by atoms with Gasteiger partial charge in [-0.1, -0.05) is 0 Å². The number of carbonyl (C=O) groups is 1. The van der Waals surface area contributed by atoms with Crippen LogP contribution in [0.5, 0.6) is 0 Å². The topological polar surface area (TPSA) is 43.4 Å². The van der Waals surface area contributed by atoms with E-state index in [1.54, 1.807) is 7.05 Å². The second-order valence-corrected chi connectivity index (χ2v) is 2.82. The molecule has 1 amide bonds. The van der Waals surface area contributed by atoms with E-state index in [9.17, 15) is 9.90 Å². The number of nitrogens with zero attached hydrogens (tertiary/aromatic N) is 1. The van der Waals surface area contributed by atoms with Gasteiger partial charge in [0.25, 0.3) is 0 Å². The van der Waals surface area contributed by atoms with Crippen molar-refractivity contribution in [3.8, 4) is 0 Å². The van der Waals surface area contributed by atoms with Crippen molar-refractivity contribution in [3.05, 3.63) is 0 Å². The van der Waals surface area contributed by atoms with Crippen LogP contribution in [-0.4, -0.2) is 23.6 Å². The van der Waals surface area contributed by atoms with Crippen molar-refractivity contribution >= 4 is 6.09 Å². The first-order valence-corrected chi connectivity index (χ1v) is 3.01. The molecule has 0 aromatic heterocycles. The Balaban J connectivity index is 2.52. The van der Waals surface area contributed by atoms with E-state index < -0.39 is 6.09 Å². The van der Waals surface area contributed by atoms with Crippen LogP contribution in [0.2, 0.25) is 0 Å². The molecule has 1 aliphatic carbocycles. The summed E-state index contributed by atoms with van der Waals surface area (Å²) in [6.45, 7) is 1.92. The molecule has 0 aromatic rings. The maximum atomic E-state index is 10.2. The van der Waals surface area contributed by atoms with Crippen LogP contribution < -0.4 is 5.11 Å². The number of hydrogen-bond acceptors (Lipinski definition) is 2. The van der Waals surface area contributed by atoms with E-state index in [0.29, 0.717) is 0 Å². The summed E-state index contributed by atoms with van der Waals surface area (Å²) >= 11 is 0. The zero-order valence-electron chi connectivity index (χ0n) is 5.68. The van der Waals surface area contributed by atoms with Gasteiger partial charge in [0.05, 0.1) is 0 Å². The third-order valence-corrected chi connectivity index (χ3v) is 2.06. The Bertz CT molecular complexity index is 140. The molecule has 0 spiro atoms. The molecule has 0 aliphatic heterocycles. The lowest BCUT2D eigenvalue weighted by atomic mass is 10.3. The van der Waals surface area contributed by atoms with Gasteiger partial charge in [0, 0.05) is 12.6 Å². The monoisotopic (exact) mass is 128 g/mol. The van der Waals surface area contributed by atoms with Gasteiger partial charge >= 0.3 is 0 Å². The summed E-state index contributed by atoms with van der Waals surface area (Å²) in [7, 11) is 1.56. The van der Waals surface area contributed by atoms with Crippen molar-refractivity contribution in [2.45, 2.75) is 25.3 Å². The SMILES string of the molecule is CN(C(=O)[O-])C1(C)CC1. The van der Waals surface area contributed by atoms with Crippen LogP contribution in [-0.2, 0) is 0 Å². The van der Waals surface area contributed by atoms with Gasteiger partial charge in [-0.25, -0.2) is 0 Å². The number of rotatable bonds is 1. The van der Waals surface area contributed by atoms with Gasteiger partial charge in [-0.2, -0.15) is 0 Å². The van der Waals surface area contributed by atoms with Crippen LogP contribution >= 0.6 is 0 Å². The van der Waals surface area contributed by atoms with Gasteiger partial charge in [-0.3, -0.25) is 0 Å². The van der Waals surface area contributed by atoms with Crippen molar-refractivity contribution in [3.63, 3.8) is 0 Å². The number of amides is 1. The zero-order valence-corrected chi connectivity index (χ0v) is 5.68. The summed E-state index contributed by atoms with van der Waals surface area (Å²) in [5, 5.41) is 10.2. The van der Waals surface area contributed by atoms with Crippen molar-refractivity contribution in [2.24, 2.45) is 0 Å². The highest BCUT2D eigenvalue weighted by Gasteiger charge is 2.41. The summed E-state index contributed by atoms with van der Waals surface area (Å²) in [5.74, 6) is 0. The number of carbonyl (C=O) groups excluding carboxylic acids is 1. The van der Waals surface area contributed by atoms with Crippen LogP contribution in [0.15, 0.2) is 0 Å². The Morgan fingerprint density at radius 3 is 2.22 bits per heavy atom. The maximum absolute atomic E-state index is 10.2. The Kier molecular flexibility index (Phi) is 1.15. The minimum Gasteiger partial charge on any atom is -0.530 e. The second kappa shape index (κ2) is 1.62. The molecule has 0 bridgehead atoms. The third-order valence-electron chi connectivity index (χ3n) is 2.06. The Morgan fingerprint density at radius 1 is 1.67 bits per heavy atom. The smallest absolute Gasteiger partial charge is 0.137 e. The van der Waals surface area contributed by atoms with E-state index in [4.69, 9.17) is 0 Å². The largest absolute Gasteiger partial charge is 0.530 e. The fourth-order valence-electron chi connectivity index (χ4n) is 0.737. The van der Waals surface area contributed by atoms with E-state index in [-0.39, 0.29) is 5.54 Å². The van der Waals surface area contributed by atoms with E-state index in [2.05, 4.69) is 0 Å². The van der Waals surface area contributed by atoms with E-state index in [1.807, 2.05) is 6.92 Å². The molecule has 1 saturated carbocycles. The fourth-order valence-corrected chi connectivity index (χ4v) is 0.737. The molecule has 52 valence electrons. The first-order valence-electron chi connectivity index (χ1n) is 3.01. The van der Waals surface area contributed by atoms with Crippen molar-refractivity contribution in [1.29, 1.82) is 0 Å². The van der Waals surface area contributed by atoms with E-state index in [0.717, 1.165) is 12.8 Å². The van der Waals surface area contributed by atoms with Gasteiger partial charge in [-0.15, -0.1) is 0 Å². The molecule has 0 heterocycles. The average Bonchev–Trinajstić information content (AvgIpc) is 2.47.